The molecule has 0 amide bonds. The summed E-state index contributed by atoms with van der Waals surface area (Å²) in [6.07, 6.45) is 1.27. The maximum Gasteiger partial charge on any atom is 0.182 e. The molecule has 1 aromatic carbocycles. The summed E-state index contributed by atoms with van der Waals surface area (Å²) in [5.41, 5.74) is 0.983. The second-order valence-electron chi connectivity index (χ2n) is 4.58. The van der Waals surface area contributed by atoms with Crippen molar-refractivity contribution in [1.29, 1.82) is 0 Å². The first-order chi connectivity index (χ1) is 8.05. The molecule has 1 aliphatic rings. The molecular formula is C13H17NO3. The number of hydroxylamine groups is 1. The van der Waals surface area contributed by atoms with Gasteiger partial charge in [0.1, 0.15) is 0 Å². The standard InChI is InChI=1S/C13H17NO3/c1-13(2)16-10-12(17-13)9-14(15)8-11-6-4-3-5-7-11/h3-7,9,12H,8,10H2,1-2H3. The minimum absolute atomic E-state index is 0.258. The molecule has 4 heteroatoms. The smallest absolute Gasteiger partial charge is 0.182 e. The summed E-state index contributed by atoms with van der Waals surface area (Å²) in [6, 6.07) is 9.62. The molecule has 1 heterocycles. The normalized spacial score (nSPS) is 23.9. The van der Waals surface area contributed by atoms with Crippen molar-refractivity contribution in [2.45, 2.75) is 32.3 Å². The highest BCUT2D eigenvalue weighted by Gasteiger charge is 2.33. The predicted molar refractivity (Wildman–Crippen MR) is 64.7 cm³/mol. The molecule has 1 aromatic rings. The quantitative estimate of drug-likeness (QED) is 0.348. The lowest BCUT2D eigenvalue weighted by Gasteiger charge is -2.15. The lowest BCUT2D eigenvalue weighted by Crippen LogP contribution is -2.24. The molecule has 1 fully saturated rings. The SMILES string of the molecule is CC1(C)OCC(C=[N+]([O-])Cc2ccccc2)O1. The molecule has 0 radical (unpaired) electrons. The third-order valence-corrected chi connectivity index (χ3v) is 2.54. The van der Waals surface area contributed by atoms with Gasteiger partial charge in [-0.15, -0.1) is 0 Å². The summed E-state index contributed by atoms with van der Waals surface area (Å²) in [5.74, 6) is -0.589. The van der Waals surface area contributed by atoms with Gasteiger partial charge in [-0.1, -0.05) is 30.3 Å². The first-order valence-electron chi connectivity index (χ1n) is 5.70. The fraction of sp³-hybridized carbons (Fsp3) is 0.462. The minimum atomic E-state index is -0.589. The second-order valence-corrected chi connectivity index (χ2v) is 4.58. The zero-order valence-electron chi connectivity index (χ0n) is 10.1. The Labute approximate surface area is 101 Å². The average molecular weight is 235 g/mol. The van der Waals surface area contributed by atoms with Gasteiger partial charge >= 0.3 is 0 Å². The van der Waals surface area contributed by atoms with E-state index in [1.165, 1.54) is 6.21 Å². The van der Waals surface area contributed by atoms with E-state index in [-0.39, 0.29) is 6.10 Å². The summed E-state index contributed by atoms with van der Waals surface area (Å²) in [7, 11) is 0. The van der Waals surface area contributed by atoms with Gasteiger partial charge in [-0.3, -0.25) is 0 Å². The van der Waals surface area contributed by atoms with Gasteiger partial charge in [-0.05, 0) is 13.8 Å². The Bertz CT molecular complexity index is 400. The van der Waals surface area contributed by atoms with Crippen molar-refractivity contribution < 1.29 is 14.2 Å². The molecule has 0 N–H and O–H groups in total. The minimum Gasteiger partial charge on any atom is -0.624 e. The molecule has 1 unspecified atom stereocenters. The van der Waals surface area contributed by atoms with E-state index in [1.54, 1.807) is 0 Å². The van der Waals surface area contributed by atoms with Gasteiger partial charge in [-0.25, -0.2) is 4.74 Å². The highest BCUT2D eigenvalue weighted by atomic mass is 16.7. The molecule has 1 atom stereocenters. The van der Waals surface area contributed by atoms with Crippen LogP contribution in [-0.4, -0.2) is 29.5 Å². The van der Waals surface area contributed by atoms with Gasteiger partial charge in [0.2, 0.25) is 0 Å². The molecule has 4 nitrogen and oxygen atoms in total. The van der Waals surface area contributed by atoms with Crippen molar-refractivity contribution in [3.8, 4) is 0 Å². The summed E-state index contributed by atoms with van der Waals surface area (Å²) in [5, 5.41) is 11.7. The lowest BCUT2D eigenvalue weighted by molar-refractivity contribution is -0.472. The summed E-state index contributed by atoms with van der Waals surface area (Å²) >= 11 is 0. The van der Waals surface area contributed by atoms with E-state index < -0.39 is 5.79 Å². The zero-order valence-corrected chi connectivity index (χ0v) is 10.1. The fourth-order valence-electron chi connectivity index (χ4n) is 1.79. The summed E-state index contributed by atoms with van der Waals surface area (Å²) in [6.45, 7) is 4.45. The highest BCUT2D eigenvalue weighted by molar-refractivity contribution is 5.58. The first-order valence-corrected chi connectivity index (χ1v) is 5.70. The highest BCUT2D eigenvalue weighted by Crippen LogP contribution is 2.21. The number of rotatable bonds is 3. The van der Waals surface area contributed by atoms with Crippen LogP contribution in [0.2, 0.25) is 0 Å². The molecule has 1 aliphatic heterocycles. The van der Waals surface area contributed by atoms with Crippen LogP contribution in [0, 0.1) is 5.21 Å². The first kappa shape index (κ1) is 12.1. The van der Waals surface area contributed by atoms with Crippen molar-refractivity contribution in [3.05, 3.63) is 41.1 Å². The Balaban J connectivity index is 1.94. The van der Waals surface area contributed by atoms with Crippen LogP contribution in [0.5, 0.6) is 0 Å². The van der Waals surface area contributed by atoms with E-state index in [4.69, 9.17) is 9.47 Å². The van der Waals surface area contributed by atoms with Gasteiger partial charge in [0.05, 0.1) is 6.61 Å². The monoisotopic (exact) mass is 235 g/mol. The predicted octanol–water partition coefficient (Wildman–Crippen LogP) is 1.92. The summed E-state index contributed by atoms with van der Waals surface area (Å²) < 4.78 is 11.8. The van der Waals surface area contributed by atoms with Crippen LogP contribution in [0.4, 0.5) is 0 Å². The Kier molecular flexibility index (Phi) is 3.45. The van der Waals surface area contributed by atoms with Crippen LogP contribution in [-0.2, 0) is 16.0 Å². The van der Waals surface area contributed by atoms with E-state index in [1.807, 2.05) is 44.2 Å². The number of hydrogen-bond acceptors (Lipinski definition) is 3. The van der Waals surface area contributed by atoms with Crippen molar-refractivity contribution >= 4 is 6.21 Å². The molecule has 92 valence electrons. The van der Waals surface area contributed by atoms with E-state index in [2.05, 4.69) is 0 Å². The lowest BCUT2D eigenvalue weighted by atomic mass is 10.2. The van der Waals surface area contributed by atoms with Gasteiger partial charge in [-0.2, -0.15) is 0 Å². The molecular weight excluding hydrogens is 218 g/mol. The molecule has 1 saturated heterocycles. The Hall–Kier alpha value is -1.39. The van der Waals surface area contributed by atoms with Gasteiger partial charge in [0.25, 0.3) is 0 Å². The number of hydrogen-bond donors (Lipinski definition) is 0. The van der Waals surface area contributed by atoms with Gasteiger partial charge in [0, 0.05) is 5.56 Å². The molecule has 0 aromatic heterocycles. The third-order valence-electron chi connectivity index (χ3n) is 2.54. The number of benzene rings is 1. The molecule has 17 heavy (non-hydrogen) atoms. The summed E-state index contributed by atoms with van der Waals surface area (Å²) in [4.78, 5) is 0. The zero-order chi connectivity index (χ0) is 12.3. The van der Waals surface area contributed by atoms with Crippen molar-refractivity contribution in [1.82, 2.24) is 0 Å². The van der Waals surface area contributed by atoms with Gasteiger partial charge < -0.3 is 14.7 Å². The van der Waals surface area contributed by atoms with E-state index in [0.717, 1.165) is 10.3 Å². The second kappa shape index (κ2) is 4.85. The molecule has 0 spiro atoms. The topological polar surface area (TPSA) is 44.5 Å². The van der Waals surface area contributed by atoms with Crippen LogP contribution in [0.1, 0.15) is 19.4 Å². The number of nitrogens with zero attached hydrogens (tertiary/aromatic N) is 1. The van der Waals surface area contributed by atoms with Crippen LogP contribution in [0.3, 0.4) is 0 Å². The van der Waals surface area contributed by atoms with Crippen LogP contribution in [0.15, 0.2) is 30.3 Å². The maximum atomic E-state index is 11.7. The van der Waals surface area contributed by atoms with E-state index in [9.17, 15) is 5.21 Å². The van der Waals surface area contributed by atoms with Crippen molar-refractivity contribution in [3.63, 3.8) is 0 Å². The van der Waals surface area contributed by atoms with Crippen molar-refractivity contribution in [2.75, 3.05) is 6.61 Å². The van der Waals surface area contributed by atoms with Gasteiger partial charge in [0.15, 0.2) is 24.7 Å². The third kappa shape index (κ3) is 3.54. The van der Waals surface area contributed by atoms with Crippen molar-refractivity contribution in [2.24, 2.45) is 0 Å². The number of ether oxygens (including phenoxy) is 2. The molecule has 0 saturated carbocycles. The van der Waals surface area contributed by atoms with E-state index >= 15 is 0 Å². The Morgan fingerprint density at radius 1 is 1.41 bits per heavy atom. The molecule has 0 aliphatic carbocycles. The van der Waals surface area contributed by atoms with E-state index in [0.29, 0.717) is 13.2 Å². The largest absolute Gasteiger partial charge is 0.624 e. The van der Waals surface area contributed by atoms with Crippen LogP contribution < -0.4 is 0 Å². The fourth-order valence-corrected chi connectivity index (χ4v) is 1.79. The molecule has 0 bridgehead atoms. The van der Waals surface area contributed by atoms with Crippen LogP contribution >= 0.6 is 0 Å². The Morgan fingerprint density at radius 2 is 2.12 bits per heavy atom. The average Bonchev–Trinajstić information content (AvgIpc) is 2.59. The Morgan fingerprint density at radius 3 is 2.71 bits per heavy atom. The van der Waals surface area contributed by atoms with Crippen LogP contribution in [0.25, 0.3) is 0 Å². The molecule has 2 rings (SSSR count). The maximum absolute atomic E-state index is 11.7.